The van der Waals surface area contributed by atoms with E-state index >= 15 is 0 Å². The third kappa shape index (κ3) is 3.38. The topological polar surface area (TPSA) is 50.1 Å². The van der Waals surface area contributed by atoms with E-state index in [1.165, 1.54) is 25.0 Å². The maximum absolute atomic E-state index is 9.45. The molecule has 4 nitrogen and oxygen atoms in total. The van der Waals surface area contributed by atoms with Gasteiger partial charge in [0.05, 0.1) is 15.9 Å². The molecule has 0 aromatic carbocycles. The Morgan fingerprint density at radius 1 is 1.42 bits per heavy atom. The Balaban J connectivity index is 2.01. The lowest BCUT2D eigenvalue weighted by Crippen LogP contribution is -2.40. The zero-order valence-electron chi connectivity index (χ0n) is 11.8. The van der Waals surface area contributed by atoms with Gasteiger partial charge in [0.2, 0.25) is 0 Å². The van der Waals surface area contributed by atoms with Gasteiger partial charge in [-0.05, 0) is 48.5 Å². The Morgan fingerprint density at radius 3 is 2.84 bits per heavy atom. The average molecular weight is 330 g/mol. The Bertz CT molecular complexity index is 419. The molecule has 1 aliphatic carbocycles. The quantitative estimate of drug-likeness (QED) is 0.873. The van der Waals surface area contributed by atoms with E-state index < -0.39 is 0 Å². The normalized spacial score (nSPS) is 23.8. The minimum Gasteiger partial charge on any atom is -0.396 e. The van der Waals surface area contributed by atoms with Crippen LogP contribution in [0.3, 0.4) is 0 Å². The molecule has 0 spiro atoms. The van der Waals surface area contributed by atoms with Gasteiger partial charge in [-0.1, -0.05) is 12.8 Å². The first-order valence-corrected chi connectivity index (χ1v) is 8.02. The van der Waals surface area contributed by atoms with Crippen molar-refractivity contribution < 1.29 is 5.11 Å². The summed E-state index contributed by atoms with van der Waals surface area (Å²) in [5.74, 6) is 0.409. The van der Waals surface area contributed by atoms with Crippen molar-refractivity contribution in [1.29, 1.82) is 0 Å². The fourth-order valence-corrected chi connectivity index (χ4v) is 3.38. The summed E-state index contributed by atoms with van der Waals surface area (Å²) in [4.78, 5) is 0. The summed E-state index contributed by atoms with van der Waals surface area (Å²) in [6, 6.07) is 0.436. The predicted molar refractivity (Wildman–Crippen MR) is 80.0 cm³/mol. The number of aromatic nitrogens is 2. The van der Waals surface area contributed by atoms with Gasteiger partial charge in [0.15, 0.2) is 0 Å². The van der Waals surface area contributed by atoms with Crippen LogP contribution in [0, 0.1) is 12.8 Å². The van der Waals surface area contributed by atoms with E-state index in [0.717, 1.165) is 29.7 Å². The van der Waals surface area contributed by atoms with Gasteiger partial charge in [0.25, 0.3) is 0 Å². The smallest absolute Gasteiger partial charge is 0.0739 e. The Kier molecular flexibility index (Phi) is 5.42. The van der Waals surface area contributed by atoms with E-state index in [1.807, 2.05) is 11.6 Å². The Labute approximate surface area is 123 Å². The molecule has 1 aliphatic rings. The molecule has 1 fully saturated rings. The summed E-state index contributed by atoms with van der Waals surface area (Å²) >= 11 is 3.63. The maximum Gasteiger partial charge on any atom is 0.0739 e. The Hall–Kier alpha value is -0.390. The highest BCUT2D eigenvalue weighted by Crippen LogP contribution is 2.26. The second-order valence-electron chi connectivity index (χ2n) is 5.38. The first-order chi connectivity index (χ1) is 9.17. The molecular formula is C14H24BrN3O. The van der Waals surface area contributed by atoms with E-state index in [-0.39, 0.29) is 0 Å². The zero-order chi connectivity index (χ0) is 13.8. The molecule has 5 heteroatoms. The van der Waals surface area contributed by atoms with Gasteiger partial charge in [0, 0.05) is 25.7 Å². The number of aliphatic hydroxyl groups is 1. The van der Waals surface area contributed by atoms with Crippen molar-refractivity contribution in [3.63, 3.8) is 0 Å². The van der Waals surface area contributed by atoms with Crippen LogP contribution in [-0.2, 0) is 13.1 Å². The molecule has 0 radical (unpaired) electrons. The van der Waals surface area contributed by atoms with Crippen LogP contribution in [0.5, 0.6) is 0 Å². The third-order valence-corrected chi connectivity index (χ3v) is 5.16. The molecule has 0 bridgehead atoms. The fraction of sp³-hybridized carbons (Fsp3) is 0.786. The molecule has 108 valence electrons. The SMILES string of the molecule is CCn1nc(C)c(Br)c1CNC1CCCCC1CO. The molecule has 1 aromatic rings. The van der Waals surface area contributed by atoms with Crippen LogP contribution in [0.25, 0.3) is 0 Å². The average Bonchev–Trinajstić information content (AvgIpc) is 2.72. The zero-order valence-corrected chi connectivity index (χ0v) is 13.4. The molecule has 1 aromatic heterocycles. The first kappa shape index (κ1) is 15.0. The molecule has 2 atom stereocenters. The summed E-state index contributed by atoms with van der Waals surface area (Å²) in [6.45, 7) is 6.13. The van der Waals surface area contributed by atoms with Gasteiger partial charge in [-0.15, -0.1) is 0 Å². The second kappa shape index (κ2) is 6.86. The summed E-state index contributed by atoms with van der Waals surface area (Å²) in [5.41, 5.74) is 2.25. The largest absolute Gasteiger partial charge is 0.396 e. The third-order valence-electron chi connectivity index (χ3n) is 4.13. The Morgan fingerprint density at radius 2 is 2.16 bits per heavy atom. The van der Waals surface area contributed by atoms with Crippen LogP contribution in [0.15, 0.2) is 4.47 Å². The number of nitrogens with zero attached hydrogens (tertiary/aromatic N) is 2. The van der Waals surface area contributed by atoms with Crippen molar-refractivity contribution in [2.24, 2.45) is 5.92 Å². The molecule has 19 heavy (non-hydrogen) atoms. The molecule has 0 aliphatic heterocycles. The lowest BCUT2D eigenvalue weighted by atomic mass is 9.85. The first-order valence-electron chi connectivity index (χ1n) is 7.23. The fourth-order valence-electron chi connectivity index (χ4n) is 2.96. The maximum atomic E-state index is 9.45. The minimum atomic E-state index is 0.297. The molecule has 1 saturated carbocycles. The summed E-state index contributed by atoms with van der Waals surface area (Å²) in [6.07, 6.45) is 4.82. The second-order valence-corrected chi connectivity index (χ2v) is 6.17. The van der Waals surface area contributed by atoms with E-state index in [2.05, 4.69) is 33.3 Å². The van der Waals surface area contributed by atoms with Crippen LogP contribution in [-0.4, -0.2) is 27.5 Å². The standard InChI is InChI=1S/C14H24BrN3O/c1-3-18-13(14(15)10(2)17-18)8-16-12-7-5-4-6-11(12)9-19/h11-12,16,19H,3-9H2,1-2H3. The van der Waals surface area contributed by atoms with Gasteiger partial charge >= 0.3 is 0 Å². The van der Waals surface area contributed by atoms with Crippen LogP contribution in [0.2, 0.25) is 0 Å². The molecule has 0 amide bonds. The summed E-state index contributed by atoms with van der Waals surface area (Å²) in [7, 11) is 0. The number of hydrogen-bond acceptors (Lipinski definition) is 3. The lowest BCUT2D eigenvalue weighted by molar-refractivity contribution is 0.152. The van der Waals surface area contributed by atoms with Crippen LogP contribution in [0.1, 0.15) is 44.0 Å². The van der Waals surface area contributed by atoms with Gasteiger partial charge in [-0.25, -0.2) is 0 Å². The van der Waals surface area contributed by atoms with Crippen LogP contribution in [0.4, 0.5) is 0 Å². The van der Waals surface area contributed by atoms with Crippen molar-refractivity contribution in [2.75, 3.05) is 6.61 Å². The lowest BCUT2D eigenvalue weighted by Gasteiger charge is -2.31. The molecule has 2 N–H and O–H groups in total. The van der Waals surface area contributed by atoms with Crippen molar-refractivity contribution >= 4 is 15.9 Å². The van der Waals surface area contributed by atoms with Crippen LogP contribution < -0.4 is 5.32 Å². The van der Waals surface area contributed by atoms with E-state index in [0.29, 0.717) is 18.6 Å². The van der Waals surface area contributed by atoms with E-state index in [1.54, 1.807) is 0 Å². The van der Waals surface area contributed by atoms with Crippen molar-refractivity contribution in [2.45, 2.75) is 58.7 Å². The van der Waals surface area contributed by atoms with Crippen molar-refractivity contribution in [3.8, 4) is 0 Å². The van der Waals surface area contributed by atoms with E-state index in [9.17, 15) is 5.11 Å². The molecule has 0 saturated heterocycles. The number of hydrogen-bond donors (Lipinski definition) is 2. The number of aliphatic hydroxyl groups excluding tert-OH is 1. The number of rotatable bonds is 5. The van der Waals surface area contributed by atoms with Gasteiger partial charge in [0.1, 0.15) is 0 Å². The highest BCUT2D eigenvalue weighted by atomic mass is 79.9. The molecule has 1 heterocycles. The molecular weight excluding hydrogens is 306 g/mol. The highest BCUT2D eigenvalue weighted by molar-refractivity contribution is 9.10. The predicted octanol–water partition coefficient (Wildman–Crippen LogP) is 2.61. The molecule has 2 unspecified atom stereocenters. The minimum absolute atomic E-state index is 0.297. The molecule has 2 rings (SSSR count). The number of halogens is 1. The number of aryl methyl sites for hydroxylation is 2. The van der Waals surface area contributed by atoms with Crippen molar-refractivity contribution in [1.82, 2.24) is 15.1 Å². The van der Waals surface area contributed by atoms with Crippen molar-refractivity contribution in [3.05, 3.63) is 15.9 Å². The summed E-state index contributed by atoms with van der Waals surface area (Å²) < 4.78 is 3.15. The monoisotopic (exact) mass is 329 g/mol. The number of nitrogens with one attached hydrogen (secondary N) is 1. The van der Waals surface area contributed by atoms with E-state index in [4.69, 9.17) is 0 Å². The highest BCUT2D eigenvalue weighted by Gasteiger charge is 2.24. The van der Waals surface area contributed by atoms with Gasteiger partial charge < -0.3 is 10.4 Å². The van der Waals surface area contributed by atoms with Gasteiger partial charge in [-0.3, -0.25) is 4.68 Å². The van der Waals surface area contributed by atoms with Gasteiger partial charge in [-0.2, -0.15) is 5.10 Å². The summed E-state index contributed by atoms with van der Waals surface area (Å²) in [5, 5.41) is 17.6. The van der Waals surface area contributed by atoms with Crippen LogP contribution >= 0.6 is 15.9 Å².